The number of rotatable bonds is 5. The molecule has 2 amide bonds. The van der Waals surface area contributed by atoms with Crippen LogP contribution in [0.4, 0.5) is 11.4 Å². The van der Waals surface area contributed by atoms with Crippen LogP contribution in [0.2, 0.25) is 0 Å². The first-order chi connectivity index (χ1) is 10.9. The first kappa shape index (κ1) is 16.7. The van der Waals surface area contributed by atoms with Crippen LogP contribution in [0.3, 0.4) is 0 Å². The van der Waals surface area contributed by atoms with Gasteiger partial charge in [0.2, 0.25) is 5.91 Å². The van der Waals surface area contributed by atoms with Crippen molar-refractivity contribution in [2.75, 3.05) is 24.7 Å². The Morgan fingerprint density at radius 1 is 0.870 bits per heavy atom. The first-order valence-electron chi connectivity index (χ1n) is 7.37. The highest BCUT2D eigenvalue weighted by molar-refractivity contribution is 6.04. The second-order valence-corrected chi connectivity index (χ2v) is 5.65. The number of anilines is 2. The molecule has 0 radical (unpaired) electrons. The van der Waals surface area contributed by atoms with Crippen molar-refractivity contribution in [3.8, 4) is 0 Å². The third-order valence-electron chi connectivity index (χ3n) is 3.18. The van der Waals surface area contributed by atoms with Gasteiger partial charge >= 0.3 is 0 Å². The van der Waals surface area contributed by atoms with Crippen molar-refractivity contribution in [1.82, 2.24) is 4.90 Å². The standard InChI is InChI=1S/C18H21N3O2/c1-13(22)19-16-8-10-17(11-9-16)20-18(23)15-6-4-14(5-7-15)12-21(2)3/h4-11H,12H2,1-3H3,(H,19,22)(H,20,23). The molecule has 0 aliphatic heterocycles. The molecule has 0 bridgehead atoms. The normalized spacial score (nSPS) is 10.4. The lowest BCUT2D eigenvalue weighted by molar-refractivity contribution is -0.114. The molecule has 0 fully saturated rings. The maximum atomic E-state index is 12.2. The van der Waals surface area contributed by atoms with Crippen LogP contribution in [0.15, 0.2) is 48.5 Å². The molecule has 120 valence electrons. The first-order valence-corrected chi connectivity index (χ1v) is 7.37. The molecule has 2 N–H and O–H groups in total. The Balaban J connectivity index is 1.99. The smallest absolute Gasteiger partial charge is 0.255 e. The van der Waals surface area contributed by atoms with E-state index in [1.165, 1.54) is 6.92 Å². The summed E-state index contributed by atoms with van der Waals surface area (Å²) in [7, 11) is 4.01. The molecule has 0 aromatic heterocycles. The Bertz CT molecular complexity index is 676. The van der Waals surface area contributed by atoms with Gasteiger partial charge in [-0.2, -0.15) is 0 Å². The SMILES string of the molecule is CC(=O)Nc1ccc(NC(=O)c2ccc(CN(C)C)cc2)cc1. The number of hydrogen-bond acceptors (Lipinski definition) is 3. The number of benzene rings is 2. The highest BCUT2D eigenvalue weighted by Crippen LogP contribution is 2.15. The summed E-state index contributed by atoms with van der Waals surface area (Å²) in [5.41, 5.74) is 3.15. The molecule has 0 spiro atoms. The molecular formula is C18H21N3O2. The zero-order valence-corrected chi connectivity index (χ0v) is 13.6. The largest absolute Gasteiger partial charge is 0.326 e. The van der Waals surface area contributed by atoms with Crippen molar-refractivity contribution in [2.24, 2.45) is 0 Å². The highest BCUT2D eigenvalue weighted by Gasteiger charge is 2.06. The van der Waals surface area contributed by atoms with Gasteiger partial charge in [0.05, 0.1) is 0 Å². The quantitative estimate of drug-likeness (QED) is 0.892. The van der Waals surface area contributed by atoms with Crippen LogP contribution >= 0.6 is 0 Å². The van der Waals surface area contributed by atoms with Gasteiger partial charge in [-0.05, 0) is 56.1 Å². The number of hydrogen-bond donors (Lipinski definition) is 2. The van der Waals surface area contributed by atoms with Gasteiger partial charge in [0.25, 0.3) is 5.91 Å². The molecule has 5 heteroatoms. The second-order valence-electron chi connectivity index (χ2n) is 5.65. The van der Waals surface area contributed by atoms with E-state index in [1.54, 1.807) is 24.3 Å². The predicted molar refractivity (Wildman–Crippen MR) is 92.5 cm³/mol. The molecule has 2 aromatic rings. The molecule has 23 heavy (non-hydrogen) atoms. The zero-order chi connectivity index (χ0) is 16.8. The van der Waals surface area contributed by atoms with Crippen LogP contribution in [0.1, 0.15) is 22.8 Å². The summed E-state index contributed by atoms with van der Waals surface area (Å²) >= 11 is 0. The van der Waals surface area contributed by atoms with Crippen LogP contribution in [0.5, 0.6) is 0 Å². The van der Waals surface area contributed by atoms with Crippen molar-refractivity contribution in [3.63, 3.8) is 0 Å². The average molecular weight is 311 g/mol. The molecule has 0 heterocycles. The van der Waals surface area contributed by atoms with E-state index in [1.807, 2.05) is 38.4 Å². The lowest BCUT2D eigenvalue weighted by Crippen LogP contribution is -2.13. The number of nitrogens with one attached hydrogen (secondary N) is 2. The lowest BCUT2D eigenvalue weighted by atomic mass is 10.1. The Kier molecular flexibility index (Phi) is 5.49. The van der Waals surface area contributed by atoms with Crippen molar-refractivity contribution < 1.29 is 9.59 Å². The molecule has 0 aliphatic rings. The van der Waals surface area contributed by atoms with Crippen molar-refractivity contribution >= 4 is 23.2 Å². The number of amides is 2. The van der Waals surface area contributed by atoms with Gasteiger partial charge in [-0.3, -0.25) is 9.59 Å². The summed E-state index contributed by atoms with van der Waals surface area (Å²) in [6, 6.07) is 14.5. The maximum absolute atomic E-state index is 12.2. The summed E-state index contributed by atoms with van der Waals surface area (Å²) in [5, 5.41) is 5.52. The molecule has 0 unspecified atom stereocenters. The summed E-state index contributed by atoms with van der Waals surface area (Å²) in [4.78, 5) is 25.3. The lowest BCUT2D eigenvalue weighted by Gasteiger charge is -2.10. The second kappa shape index (κ2) is 7.56. The van der Waals surface area contributed by atoms with Crippen LogP contribution in [0.25, 0.3) is 0 Å². The topological polar surface area (TPSA) is 61.4 Å². The molecule has 5 nitrogen and oxygen atoms in total. The van der Waals surface area contributed by atoms with E-state index in [2.05, 4.69) is 15.5 Å². The van der Waals surface area contributed by atoms with E-state index in [-0.39, 0.29) is 11.8 Å². The monoisotopic (exact) mass is 311 g/mol. The molecule has 0 saturated carbocycles. The third-order valence-corrected chi connectivity index (χ3v) is 3.18. The molecule has 0 saturated heterocycles. The van der Waals surface area contributed by atoms with Crippen molar-refractivity contribution in [3.05, 3.63) is 59.7 Å². The van der Waals surface area contributed by atoms with Gasteiger partial charge in [-0.25, -0.2) is 0 Å². The Morgan fingerprint density at radius 2 is 1.39 bits per heavy atom. The molecule has 0 atom stereocenters. The fourth-order valence-corrected chi connectivity index (χ4v) is 2.17. The maximum Gasteiger partial charge on any atom is 0.255 e. The van der Waals surface area contributed by atoms with Gasteiger partial charge in [-0.15, -0.1) is 0 Å². The number of nitrogens with zero attached hydrogens (tertiary/aromatic N) is 1. The molecule has 0 aliphatic carbocycles. The van der Waals surface area contributed by atoms with E-state index in [4.69, 9.17) is 0 Å². The molecule has 2 aromatic carbocycles. The zero-order valence-electron chi connectivity index (χ0n) is 13.6. The van der Waals surface area contributed by atoms with E-state index < -0.39 is 0 Å². The third kappa shape index (κ3) is 5.23. The summed E-state index contributed by atoms with van der Waals surface area (Å²) < 4.78 is 0. The summed E-state index contributed by atoms with van der Waals surface area (Å²) in [5.74, 6) is -0.284. The predicted octanol–water partition coefficient (Wildman–Crippen LogP) is 2.96. The van der Waals surface area contributed by atoms with Crippen LogP contribution in [-0.4, -0.2) is 30.8 Å². The summed E-state index contributed by atoms with van der Waals surface area (Å²) in [6.07, 6.45) is 0. The van der Waals surface area contributed by atoms with Gasteiger partial charge in [0, 0.05) is 30.4 Å². The van der Waals surface area contributed by atoms with Crippen LogP contribution < -0.4 is 10.6 Å². The highest BCUT2D eigenvalue weighted by atomic mass is 16.2. The van der Waals surface area contributed by atoms with E-state index in [0.717, 1.165) is 12.1 Å². The fourth-order valence-electron chi connectivity index (χ4n) is 2.17. The average Bonchev–Trinajstić information content (AvgIpc) is 2.49. The van der Waals surface area contributed by atoms with Crippen molar-refractivity contribution in [2.45, 2.75) is 13.5 Å². The Labute approximate surface area is 136 Å². The van der Waals surface area contributed by atoms with Crippen LogP contribution in [-0.2, 0) is 11.3 Å². The number of carbonyl (C=O) groups excluding carboxylic acids is 2. The molecular weight excluding hydrogens is 290 g/mol. The minimum absolute atomic E-state index is 0.125. The van der Waals surface area contributed by atoms with Crippen molar-refractivity contribution in [1.29, 1.82) is 0 Å². The van der Waals surface area contributed by atoms with Gasteiger partial charge in [0.1, 0.15) is 0 Å². The van der Waals surface area contributed by atoms with E-state index in [0.29, 0.717) is 16.9 Å². The van der Waals surface area contributed by atoms with Gasteiger partial charge in [-0.1, -0.05) is 12.1 Å². The Morgan fingerprint density at radius 3 is 1.87 bits per heavy atom. The van der Waals surface area contributed by atoms with Crippen LogP contribution in [0, 0.1) is 0 Å². The van der Waals surface area contributed by atoms with Gasteiger partial charge in [0.15, 0.2) is 0 Å². The van der Waals surface area contributed by atoms with E-state index in [9.17, 15) is 9.59 Å². The number of carbonyl (C=O) groups is 2. The minimum atomic E-state index is -0.159. The summed E-state index contributed by atoms with van der Waals surface area (Å²) in [6.45, 7) is 2.29. The fraction of sp³-hybridized carbons (Fsp3) is 0.222. The van der Waals surface area contributed by atoms with E-state index >= 15 is 0 Å². The Hall–Kier alpha value is -2.66. The minimum Gasteiger partial charge on any atom is -0.326 e. The van der Waals surface area contributed by atoms with Gasteiger partial charge < -0.3 is 15.5 Å². The molecule has 2 rings (SSSR count).